The first-order valence-corrected chi connectivity index (χ1v) is 14.2. The molecule has 2 rings (SSSR count). The van der Waals surface area contributed by atoms with Gasteiger partial charge in [0.2, 0.25) is 21.8 Å². The predicted molar refractivity (Wildman–Crippen MR) is 144 cm³/mol. The van der Waals surface area contributed by atoms with E-state index in [1.54, 1.807) is 49.4 Å². The monoisotopic (exact) mass is 557 g/mol. The fraction of sp³-hybridized carbons (Fsp3) is 0.440. The van der Waals surface area contributed by atoms with Gasteiger partial charge >= 0.3 is 0 Å². The van der Waals surface area contributed by atoms with Gasteiger partial charge in [0.25, 0.3) is 0 Å². The lowest BCUT2D eigenvalue weighted by Gasteiger charge is -2.30. The van der Waals surface area contributed by atoms with Crippen LogP contribution in [0, 0.1) is 0 Å². The number of halogens is 2. The molecule has 2 aromatic carbocycles. The second-order valence-electron chi connectivity index (χ2n) is 8.33. The number of anilines is 1. The Balaban J connectivity index is 2.22. The molecule has 2 amide bonds. The van der Waals surface area contributed by atoms with Crippen molar-refractivity contribution in [2.24, 2.45) is 0 Å². The van der Waals surface area contributed by atoms with Crippen molar-refractivity contribution < 1.29 is 22.7 Å². The number of hydrogen-bond acceptors (Lipinski definition) is 5. The van der Waals surface area contributed by atoms with Gasteiger partial charge in [0, 0.05) is 47.7 Å². The van der Waals surface area contributed by atoms with E-state index in [-0.39, 0.29) is 37.7 Å². The van der Waals surface area contributed by atoms with E-state index in [0.29, 0.717) is 33.6 Å². The van der Waals surface area contributed by atoms with Crippen molar-refractivity contribution in [3.8, 4) is 5.75 Å². The first kappa shape index (κ1) is 29.7. The zero-order valence-corrected chi connectivity index (χ0v) is 23.3. The van der Waals surface area contributed by atoms with Crippen LogP contribution in [0.1, 0.15) is 38.7 Å². The van der Waals surface area contributed by atoms with Gasteiger partial charge in [-0.1, -0.05) is 42.3 Å². The molecule has 198 valence electrons. The Morgan fingerprint density at radius 1 is 1.11 bits per heavy atom. The molecule has 2 aromatic rings. The maximum Gasteiger partial charge on any atom is 0.242 e. The highest BCUT2D eigenvalue weighted by atomic mass is 35.5. The average molecular weight is 559 g/mol. The minimum absolute atomic E-state index is 0.0173. The van der Waals surface area contributed by atoms with Crippen LogP contribution in [0.2, 0.25) is 10.0 Å². The Hall–Kier alpha value is -2.49. The second kappa shape index (κ2) is 13.7. The molecule has 36 heavy (non-hydrogen) atoms. The van der Waals surface area contributed by atoms with E-state index in [0.717, 1.165) is 12.7 Å². The van der Waals surface area contributed by atoms with Crippen molar-refractivity contribution in [1.82, 2.24) is 10.2 Å². The summed E-state index contributed by atoms with van der Waals surface area (Å²) in [4.78, 5) is 27.5. The first-order valence-electron chi connectivity index (χ1n) is 11.6. The quantitative estimate of drug-likeness (QED) is 0.391. The van der Waals surface area contributed by atoms with Gasteiger partial charge in [-0.2, -0.15) is 0 Å². The van der Waals surface area contributed by atoms with Gasteiger partial charge in [0.15, 0.2) is 0 Å². The third kappa shape index (κ3) is 8.28. The van der Waals surface area contributed by atoms with Crippen molar-refractivity contribution in [2.75, 3.05) is 30.8 Å². The Morgan fingerprint density at radius 2 is 1.75 bits per heavy atom. The Morgan fingerprint density at radius 3 is 2.33 bits per heavy atom. The van der Waals surface area contributed by atoms with Crippen LogP contribution in [-0.2, 0) is 26.2 Å². The molecule has 0 aliphatic heterocycles. The summed E-state index contributed by atoms with van der Waals surface area (Å²) in [5.74, 6) is -0.0846. The molecule has 0 aliphatic rings. The number of sulfonamides is 1. The molecule has 0 radical (unpaired) electrons. The van der Waals surface area contributed by atoms with Crippen molar-refractivity contribution in [3.63, 3.8) is 0 Å². The fourth-order valence-electron chi connectivity index (χ4n) is 3.60. The van der Waals surface area contributed by atoms with Crippen LogP contribution in [0.4, 0.5) is 5.69 Å². The molecular formula is C25H33Cl2N3O5S. The number of nitrogens with one attached hydrogen (secondary N) is 1. The molecule has 0 aromatic heterocycles. The minimum atomic E-state index is -3.61. The SMILES string of the molecule is CCCNC(=O)[C@H](C)N(Cc1c(Cl)cccc1Cl)C(=O)CCCN(c1cccc(OC)c1)S(C)(=O)=O. The predicted octanol–water partition coefficient (Wildman–Crippen LogP) is 4.49. The summed E-state index contributed by atoms with van der Waals surface area (Å²) < 4.78 is 31.4. The van der Waals surface area contributed by atoms with E-state index in [4.69, 9.17) is 27.9 Å². The molecule has 0 aliphatic carbocycles. The fourth-order valence-corrected chi connectivity index (χ4v) is 5.08. The lowest BCUT2D eigenvalue weighted by atomic mass is 10.1. The molecule has 0 bridgehead atoms. The van der Waals surface area contributed by atoms with Crippen LogP contribution in [0.15, 0.2) is 42.5 Å². The van der Waals surface area contributed by atoms with Gasteiger partial charge in [-0.05, 0) is 44.0 Å². The highest BCUT2D eigenvalue weighted by molar-refractivity contribution is 7.92. The molecule has 0 heterocycles. The van der Waals surface area contributed by atoms with Gasteiger partial charge in [-0.3, -0.25) is 13.9 Å². The molecule has 1 N–H and O–H groups in total. The lowest BCUT2D eigenvalue weighted by Crippen LogP contribution is -2.48. The third-order valence-electron chi connectivity index (χ3n) is 5.60. The molecule has 0 fully saturated rings. The zero-order chi connectivity index (χ0) is 26.9. The second-order valence-corrected chi connectivity index (χ2v) is 11.1. The van der Waals surface area contributed by atoms with Crippen LogP contribution < -0.4 is 14.4 Å². The molecule has 0 spiro atoms. The number of amides is 2. The Kier molecular flexibility index (Phi) is 11.3. The largest absolute Gasteiger partial charge is 0.497 e. The molecule has 0 saturated carbocycles. The van der Waals surface area contributed by atoms with Crippen molar-refractivity contribution in [3.05, 3.63) is 58.1 Å². The van der Waals surface area contributed by atoms with Crippen molar-refractivity contribution in [2.45, 2.75) is 45.7 Å². The maximum absolute atomic E-state index is 13.3. The number of benzene rings is 2. The number of hydrogen-bond donors (Lipinski definition) is 1. The van der Waals surface area contributed by atoms with Crippen molar-refractivity contribution >= 4 is 50.7 Å². The molecular weight excluding hydrogens is 525 g/mol. The van der Waals surface area contributed by atoms with E-state index in [1.165, 1.54) is 16.3 Å². The van der Waals surface area contributed by atoms with E-state index in [1.807, 2.05) is 6.92 Å². The Bertz CT molecular complexity index is 1140. The zero-order valence-electron chi connectivity index (χ0n) is 21.0. The number of rotatable bonds is 13. The van der Waals surface area contributed by atoms with Crippen LogP contribution in [0.5, 0.6) is 5.75 Å². The van der Waals surface area contributed by atoms with E-state index in [9.17, 15) is 18.0 Å². The third-order valence-corrected chi connectivity index (χ3v) is 7.50. The highest BCUT2D eigenvalue weighted by Crippen LogP contribution is 2.27. The lowest BCUT2D eigenvalue weighted by molar-refractivity contribution is -0.140. The summed E-state index contributed by atoms with van der Waals surface area (Å²) in [7, 11) is -2.11. The van der Waals surface area contributed by atoms with E-state index in [2.05, 4.69) is 5.32 Å². The maximum atomic E-state index is 13.3. The summed E-state index contributed by atoms with van der Waals surface area (Å²) in [6.07, 6.45) is 2.12. The minimum Gasteiger partial charge on any atom is -0.497 e. The normalized spacial score (nSPS) is 12.1. The van der Waals surface area contributed by atoms with Gasteiger partial charge in [-0.25, -0.2) is 8.42 Å². The highest BCUT2D eigenvalue weighted by Gasteiger charge is 2.27. The number of methoxy groups -OCH3 is 1. The van der Waals surface area contributed by atoms with Crippen LogP contribution in [0.3, 0.4) is 0 Å². The summed E-state index contributed by atoms with van der Waals surface area (Å²) in [5.41, 5.74) is 0.981. The Labute approximate surface area is 223 Å². The van der Waals surface area contributed by atoms with E-state index >= 15 is 0 Å². The summed E-state index contributed by atoms with van der Waals surface area (Å²) in [5, 5.41) is 3.59. The molecule has 1 atom stereocenters. The molecule has 0 saturated heterocycles. The van der Waals surface area contributed by atoms with Crippen LogP contribution in [-0.4, -0.2) is 57.6 Å². The molecule has 8 nitrogen and oxygen atoms in total. The summed E-state index contributed by atoms with van der Waals surface area (Å²) in [6.45, 7) is 4.19. The standard InChI is InChI=1S/C25H33Cl2N3O5S/c1-5-14-28-25(32)18(2)29(17-21-22(26)11-7-12-23(21)27)24(31)13-8-15-30(36(4,33)34)19-9-6-10-20(16-19)35-3/h6-7,9-12,16,18H,5,8,13-15,17H2,1-4H3,(H,28,32)/t18-/m0/s1. The number of ether oxygens (including phenoxy) is 1. The first-order chi connectivity index (χ1) is 17.0. The van der Waals surface area contributed by atoms with E-state index < -0.39 is 16.1 Å². The van der Waals surface area contributed by atoms with Crippen LogP contribution in [0.25, 0.3) is 0 Å². The molecule has 11 heteroatoms. The smallest absolute Gasteiger partial charge is 0.242 e. The van der Waals surface area contributed by atoms with Gasteiger partial charge in [-0.15, -0.1) is 0 Å². The topological polar surface area (TPSA) is 96.0 Å². The number of carbonyl (C=O) groups is 2. The summed E-state index contributed by atoms with van der Waals surface area (Å²) in [6, 6.07) is 11.0. The van der Waals surface area contributed by atoms with Gasteiger partial charge in [0.05, 0.1) is 19.1 Å². The van der Waals surface area contributed by atoms with Gasteiger partial charge < -0.3 is 15.0 Å². The number of nitrogens with zero attached hydrogens (tertiary/aromatic N) is 2. The average Bonchev–Trinajstić information content (AvgIpc) is 2.83. The van der Waals surface area contributed by atoms with Crippen LogP contribution >= 0.6 is 23.2 Å². The number of carbonyl (C=O) groups excluding carboxylic acids is 2. The molecule has 0 unspecified atom stereocenters. The van der Waals surface area contributed by atoms with Gasteiger partial charge in [0.1, 0.15) is 11.8 Å². The van der Waals surface area contributed by atoms with Crippen molar-refractivity contribution in [1.29, 1.82) is 0 Å². The summed E-state index contributed by atoms with van der Waals surface area (Å²) >= 11 is 12.7.